The number of hydrogen-bond donors (Lipinski definition) is 1. The third-order valence-corrected chi connectivity index (χ3v) is 6.06. The van der Waals surface area contributed by atoms with Gasteiger partial charge in [0.1, 0.15) is 17.6 Å². The topological polar surface area (TPSA) is 57.7 Å². The molecule has 0 spiro atoms. The van der Waals surface area contributed by atoms with Crippen LogP contribution in [0.15, 0.2) is 66.9 Å². The maximum atomic E-state index is 13.5. The number of nitrogens with one attached hydrogen (secondary N) is 1. The first-order valence-electron chi connectivity index (χ1n) is 11.3. The molecule has 1 saturated heterocycles. The molecule has 35 heavy (non-hydrogen) atoms. The average molecular weight is 485 g/mol. The van der Waals surface area contributed by atoms with Gasteiger partial charge in [-0.15, -0.1) is 0 Å². The number of ether oxygens (including phenoxy) is 1. The second-order valence-corrected chi connectivity index (χ2v) is 8.43. The number of aryl methyl sites for hydroxylation is 1. The Kier molecular flexibility index (Phi) is 7.25. The normalized spacial score (nSPS) is 15.5. The third-order valence-electron chi connectivity index (χ3n) is 6.06. The van der Waals surface area contributed by atoms with Crippen LogP contribution < -0.4 is 15.0 Å². The fraction of sp³-hybridized carbons (Fsp3) is 0.308. The Morgan fingerprint density at radius 2 is 1.74 bits per heavy atom. The van der Waals surface area contributed by atoms with Crippen LogP contribution in [0.3, 0.4) is 0 Å². The molecular weight excluding hydrogens is 457 g/mol. The van der Waals surface area contributed by atoms with E-state index in [1.165, 1.54) is 6.07 Å². The summed E-state index contributed by atoms with van der Waals surface area (Å²) in [5.41, 5.74) is 1.69. The molecule has 1 unspecified atom stereocenters. The number of carbonyl (C=O) groups is 1. The molecular formula is C26H27F3N4O2. The zero-order valence-corrected chi connectivity index (χ0v) is 19.5. The molecule has 9 heteroatoms. The van der Waals surface area contributed by atoms with Gasteiger partial charge in [-0.25, -0.2) is 4.98 Å². The van der Waals surface area contributed by atoms with Gasteiger partial charge in [-0.2, -0.15) is 13.2 Å². The van der Waals surface area contributed by atoms with Gasteiger partial charge in [0.05, 0.1) is 18.4 Å². The van der Waals surface area contributed by atoms with Gasteiger partial charge in [0.2, 0.25) is 5.91 Å². The molecule has 0 bridgehead atoms. The van der Waals surface area contributed by atoms with Crippen LogP contribution >= 0.6 is 0 Å². The zero-order chi connectivity index (χ0) is 25.0. The molecule has 2 heterocycles. The molecule has 0 aliphatic carbocycles. The van der Waals surface area contributed by atoms with Crippen molar-refractivity contribution in [3.8, 4) is 5.75 Å². The summed E-state index contributed by atoms with van der Waals surface area (Å²) in [4.78, 5) is 21.6. The van der Waals surface area contributed by atoms with E-state index in [0.29, 0.717) is 43.4 Å². The molecule has 1 amide bonds. The summed E-state index contributed by atoms with van der Waals surface area (Å²) >= 11 is 0. The molecule has 1 fully saturated rings. The Hall–Kier alpha value is -3.59. The van der Waals surface area contributed by atoms with E-state index >= 15 is 0 Å². The molecule has 6 nitrogen and oxygen atoms in total. The van der Waals surface area contributed by atoms with Crippen molar-refractivity contribution in [1.29, 1.82) is 0 Å². The van der Waals surface area contributed by atoms with Crippen molar-refractivity contribution >= 4 is 17.4 Å². The van der Waals surface area contributed by atoms with E-state index in [0.717, 1.165) is 23.4 Å². The number of pyridine rings is 1. The fourth-order valence-corrected chi connectivity index (χ4v) is 4.23. The van der Waals surface area contributed by atoms with Gasteiger partial charge in [0.25, 0.3) is 0 Å². The van der Waals surface area contributed by atoms with Gasteiger partial charge in [0.15, 0.2) is 0 Å². The standard InChI is InChI=1S/C26H27F3N4O2/c1-18-8-10-22(35-2)21(16-18)31-25(34)24(19-6-4-3-5-7-19)33-14-12-32(13-15-33)23-11-9-20(17-30-23)26(27,28)29/h3-11,16-17,24H,12-15H2,1-2H3,(H,31,34). The number of nitrogens with zero attached hydrogens (tertiary/aromatic N) is 3. The van der Waals surface area contributed by atoms with Gasteiger partial charge < -0.3 is 15.0 Å². The van der Waals surface area contributed by atoms with Crippen LogP contribution in [0.25, 0.3) is 0 Å². The Balaban J connectivity index is 1.51. The van der Waals surface area contributed by atoms with E-state index in [2.05, 4.69) is 15.2 Å². The number of piperazine rings is 1. The minimum Gasteiger partial charge on any atom is -0.495 e. The van der Waals surface area contributed by atoms with Gasteiger partial charge in [-0.05, 0) is 42.3 Å². The predicted octanol–water partition coefficient (Wildman–Crippen LogP) is 4.92. The largest absolute Gasteiger partial charge is 0.495 e. The van der Waals surface area contributed by atoms with Crippen LogP contribution in [0, 0.1) is 6.92 Å². The molecule has 1 aliphatic rings. The number of carbonyl (C=O) groups excluding carboxylic acids is 1. The van der Waals surface area contributed by atoms with Crippen LogP contribution in [0.1, 0.15) is 22.7 Å². The smallest absolute Gasteiger partial charge is 0.417 e. The van der Waals surface area contributed by atoms with Crippen molar-refractivity contribution in [1.82, 2.24) is 9.88 Å². The number of alkyl halides is 3. The summed E-state index contributed by atoms with van der Waals surface area (Å²) in [6, 6.07) is 17.0. The molecule has 4 rings (SSSR count). The van der Waals surface area contributed by atoms with Gasteiger partial charge >= 0.3 is 6.18 Å². The van der Waals surface area contributed by atoms with Crippen molar-refractivity contribution in [2.45, 2.75) is 19.1 Å². The molecule has 0 radical (unpaired) electrons. The summed E-state index contributed by atoms with van der Waals surface area (Å²) in [6.07, 6.45) is -3.56. The number of rotatable bonds is 6. The van der Waals surface area contributed by atoms with Crippen LogP contribution in [0.4, 0.5) is 24.7 Å². The molecule has 3 aromatic rings. The zero-order valence-electron chi connectivity index (χ0n) is 19.5. The Bertz CT molecular complexity index is 1150. The first kappa shape index (κ1) is 24.5. The number of hydrogen-bond acceptors (Lipinski definition) is 5. The predicted molar refractivity (Wildman–Crippen MR) is 129 cm³/mol. The monoisotopic (exact) mass is 484 g/mol. The number of benzene rings is 2. The lowest BCUT2D eigenvalue weighted by Crippen LogP contribution is -2.50. The van der Waals surface area contributed by atoms with Gasteiger partial charge in [-0.3, -0.25) is 9.69 Å². The highest BCUT2D eigenvalue weighted by atomic mass is 19.4. The third kappa shape index (κ3) is 5.74. The van der Waals surface area contributed by atoms with Crippen LogP contribution in [-0.4, -0.2) is 49.1 Å². The van der Waals surface area contributed by atoms with E-state index in [9.17, 15) is 18.0 Å². The molecule has 1 aliphatic heterocycles. The lowest BCUT2D eigenvalue weighted by atomic mass is 10.0. The number of methoxy groups -OCH3 is 1. The Labute approximate surface area is 202 Å². The van der Waals surface area contributed by atoms with Crippen molar-refractivity contribution in [2.24, 2.45) is 0 Å². The molecule has 184 valence electrons. The highest BCUT2D eigenvalue weighted by molar-refractivity contribution is 5.97. The maximum Gasteiger partial charge on any atom is 0.417 e. The molecule has 1 atom stereocenters. The lowest BCUT2D eigenvalue weighted by Gasteiger charge is -2.39. The van der Waals surface area contributed by atoms with E-state index in [-0.39, 0.29) is 5.91 Å². The second kappa shape index (κ2) is 10.4. The highest BCUT2D eigenvalue weighted by Crippen LogP contribution is 2.31. The lowest BCUT2D eigenvalue weighted by molar-refractivity contribution is -0.137. The number of halogens is 3. The first-order valence-corrected chi connectivity index (χ1v) is 11.3. The van der Waals surface area contributed by atoms with Crippen LogP contribution in [0.5, 0.6) is 5.75 Å². The van der Waals surface area contributed by atoms with E-state index < -0.39 is 17.8 Å². The molecule has 1 N–H and O–H groups in total. The van der Waals surface area contributed by atoms with E-state index in [4.69, 9.17) is 4.74 Å². The van der Waals surface area contributed by atoms with Gasteiger partial charge in [0, 0.05) is 32.4 Å². The van der Waals surface area contributed by atoms with Crippen molar-refractivity contribution in [3.05, 3.63) is 83.6 Å². The summed E-state index contributed by atoms with van der Waals surface area (Å²) in [5, 5.41) is 3.02. The first-order chi connectivity index (χ1) is 16.8. The van der Waals surface area contributed by atoms with E-state index in [1.54, 1.807) is 7.11 Å². The van der Waals surface area contributed by atoms with Crippen molar-refractivity contribution < 1.29 is 22.7 Å². The molecule has 0 saturated carbocycles. The molecule has 2 aromatic carbocycles. The van der Waals surface area contributed by atoms with Crippen molar-refractivity contribution in [3.63, 3.8) is 0 Å². The Morgan fingerprint density at radius 1 is 1.03 bits per heavy atom. The van der Waals surface area contributed by atoms with Gasteiger partial charge in [-0.1, -0.05) is 36.4 Å². The van der Waals surface area contributed by atoms with Crippen LogP contribution in [-0.2, 0) is 11.0 Å². The summed E-state index contributed by atoms with van der Waals surface area (Å²) in [7, 11) is 1.56. The second-order valence-electron chi connectivity index (χ2n) is 8.43. The van der Waals surface area contributed by atoms with E-state index in [1.807, 2.05) is 60.4 Å². The minimum atomic E-state index is -4.42. The quantitative estimate of drug-likeness (QED) is 0.538. The number of anilines is 2. The Morgan fingerprint density at radius 3 is 2.34 bits per heavy atom. The highest BCUT2D eigenvalue weighted by Gasteiger charge is 2.33. The number of amides is 1. The fourth-order valence-electron chi connectivity index (χ4n) is 4.23. The van der Waals surface area contributed by atoms with Crippen molar-refractivity contribution in [2.75, 3.05) is 43.5 Å². The maximum absolute atomic E-state index is 13.5. The van der Waals surface area contributed by atoms with Crippen LogP contribution in [0.2, 0.25) is 0 Å². The minimum absolute atomic E-state index is 0.179. The summed E-state index contributed by atoms with van der Waals surface area (Å²) < 4.78 is 44.0. The molecule has 1 aromatic heterocycles. The average Bonchev–Trinajstić information content (AvgIpc) is 2.85. The number of aromatic nitrogens is 1. The SMILES string of the molecule is COc1ccc(C)cc1NC(=O)C(c1ccccc1)N1CCN(c2ccc(C(F)(F)F)cn2)CC1. The summed E-state index contributed by atoms with van der Waals surface area (Å²) in [5.74, 6) is 0.887. The summed E-state index contributed by atoms with van der Waals surface area (Å²) in [6.45, 7) is 4.09.